The number of fused-ring (bicyclic) bond motifs is 2. The fourth-order valence-electron chi connectivity index (χ4n) is 3.66. The summed E-state index contributed by atoms with van der Waals surface area (Å²) in [4.78, 5) is 50.1. The minimum Gasteiger partial charge on any atom is -0.355 e. The van der Waals surface area contributed by atoms with E-state index in [1.807, 2.05) is 31.2 Å². The molecule has 1 heterocycles. The molecule has 1 aliphatic carbocycles. The first-order valence-electron chi connectivity index (χ1n) is 9.24. The normalized spacial score (nSPS) is 21.0. The average molecular weight is 372 g/mol. The van der Waals surface area contributed by atoms with Gasteiger partial charge in [0.2, 0.25) is 11.8 Å². The van der Waals surface area contributed by atoms with Crippen LogP contribution in [0.2, 0.25) is 0 Å². The van der Waals surface area contributed by atoms with Crippen LogP contribution in [0.1, 0.15) is 37.3 Å². The molecule has 8 heteroatoms. The van der Waals surface area contributed by atoms with Gasteiger partial charge in [0.15, 0.2) is 0 Å². The predicted molar refractivity (Wildman–Crippen MR) is 97.6 cm³/mol. The summed E-state index contributed by atoms with van der Waals surface area (Å²) in [5.41, 5.74) is 0.748. The molecule has 1 aromatic carbocycles. The Bertz CT molecular complexity index is 779. The van der Waals surface area contributed by atoms with E-state index in [9.17, 15) is 19.2 Å². The largest absolute Gasteiger partial charge is 0.355 e. The lowest BCUT2D eigenvalue weighted by atomic mass is 9.76. The summed E-state index contributed by atoms with van der Waals surface area (Å²) in [5.74, 6) is -1.27. The van der Waals surface area contributed by atoms with Crippen LogP contribution in [-0.2, 0) is 26.3 Å². The van der Waals surface area contributed by atoms with Crippen LogP contribution >= 0.6 is 0 Å². The Kier molecular flexibility index (Phi) is 5.43. The maximum absolute atomic E-state index is 13.1. The second-order valence-electron chi connectivity index (χ2n) is 6.86. The minimum atomic E-state index is -1.09. The van der Waals surface area contributed by atoms with Crippen molar-refractivity contribution < 1.29 is 19.2 Å². The number of hydrogen-bond acceptors (Lipinski definition) is 4. The Balaban J connectivity index is 1.67. The van der Waals surface area contributed by atoms with Gasteiger partial charge in [-0.2, -0.15) is 0 Å². The topological polar surface area (TPSA) is 108 Å². The molecule has 0 bridgehead atoms. The SMILES string of the molecule is CCCNC(=O)CNC(=O)CN1C(=O)N[C@@]2(CCCc3ccccc32)C1=O. The van der Waals surface area contributed by atoms with Crippen LogP contribution in [0.3, 0.4) is 0 Å². The molecular formula is C19H24N4O4. The van der Waals surface area contributed by atoms with E-state index in [2.05, 4.69) is 16.0 Å². The quantitative estimate of drug-likeness (QED) is 0.629. The smallest absolute Gasteiger partial charge is 0.325 e. The maximum Gasteiger partial charge on any atom is 0.325 e. The summed E-state index contributed by atoms with van der Waals surface area (Å²) in [5, 5.41) is 7.89. The van der Waals surface area contributed by atoms with E-state index in [0.29, 0.717) is 13.0 Å². The fourth-order valence-corrected chi connectivity index (χ4v) is 3.66. The molecule has 3 rings (SSSR count). The second-order valence-corrected chi connectivity index (χ2v) is 6.86. The van der Waals surface area contributed by atoms with Crippen molar-refractivity contribution in [2.75, 3.05) is 19.6 Å². The van der Waals surface area contributed by atoms with E-state index >= 15 is 0 Å². The molecule has 0 aromatic heterocycles. The van der Waals surface area contributed by atoms with E-state index in [0.717, 1.165) is 35.3 Å². The van der Waals surface area contributed by atoms with E-state index in [-0.39, 0.29) is 12.5 Å². The Morgan fingerprint density at radius 1 is 1.19 bits per heavy atom. The van der Waals surface area contributed by atoms with Crippen molar-refractivity contribution in [3.8, 4) is 0 Å². The number of hydrogen-bond donors (Lipinski definition) is 3. The number of aryl methyl sites for hydroxylation is 1. The van der Waals surface area contributed by atoms with Crippen LogP contribution in [-0.4, -0.2) is 48.3 Å². The third-order valence-corrected chi connectivity index (χ3v) is 4.97. The molecular weight excluding hydrogens is 348 g/mol. The number of amides is 5. The Labute approximate surface area is 157 Å². The zero-order valence-corrected chi connectivity index (χ0v) is 15.3. The van der Waals surface area contributed by atoms with Crippen LogP contribution in [0.5, 0.6) is 0 Å². The van der Waals surface area contributed by atoms with Crippen LogP contribution < -0.4 is 16.0 Å². The van der Waals surface area contributed by atoms with Gasteiger partial charge in [-0.15, -0.1) is 0 Å². The summed E-state index contributed by atoms with van der Waals surface area (Å²) in [6.45, 7) is 1.87. The molecule has 1 aliphatic heterocycles. The van der Waals surface area contributed by atoms with Crippen LogP contribution in [0.25, 0.3) is 0 Å². The molecule has 0 unspecified atom stereocenters. The molecule has 3 N–H and O–H groups in total. The highest BCUT2D eigenvalue weighted by Gasteiger charge is 2.54. The predicted octanol–water partition coefficient (Wildman–Crippen LogP) is 0.412. The molecule has 0 saturated carbocycles. The van der Waals surface area contributed by atoms with Gasteiger partial charge in [-0.25, -0.2) is 4.79 Å². The number of nitrogens with zero attached hydrogens (tertiary/aromatic N) is 1. The summed E-state index contributed by atoms with van der Waals surface area (Å²) < 4.78 is 0. The highest BCUT2D eigenvalue weighted by molar-refractivity contribution is 6.09. The highest BCUT2D eigenvalue weighted by Crippen LogP contribution is 2.39. The lowest BCUT2D eigenvalue weighted by molar-refractivity contribution is -0.135. The molecule has 2 aliphatic rings. The molecule has 27 heavy (non-hydrogen) atoms. The number of nitrogens with one attached hydrogen (secondary N) is 3. The molecule has 5 amide bonds. The molecule has 1 atom stereocenters. The van der Waals surface area contributed by atoms with Gasteiger partial charge in [0, 0.05) is 6.54 Å². The first kappa shape index (κ1) is 18.9. The summed E-state index contributed by atoms with van der Waals surface area (Å²) in [7, 11) is 0. The Morgan fingerprint density at radius 3 is 2.74 bits per heavy atom. The highest BCUT2D eigenvalue weighted by atomic mass is 16.2. The van der Waals surface area contributed by atoms with E-state index in [1.165, 1.54) is 0 Å². The number of benzene rings is 1. The van der Waals surface area contributed by atoms with Gasteiger partial charge in [-0.1, -0.05) is 31.2 Å². The molecule has 1 saturated heterocycles. The van der Waals surface area contributed by atoms with Gasteiger partial charge in [0.05, 0.1) is 6.54 Å². The van der Waals surface area contributed by atoms with Crippen molar-refractivity contribution in [3.05, 3.63) is 35.4 Å². The van der Waals surface area contributed by atoms with Gasteiger partial charge in [-0.05, 0) is 36.8 Å². The summed E-state index contributed by atoms with van der Waals surface area (Å²) in [6, 6.07) is 6.99. The van der Waals surface area contributed by atoms with Crippen LogP contribution in [0, 0.1) is 0 Å². The minimum absolute atomic E-state index is 0.184. The standard InChI is InChI=1S/C19H24N4O4/c1-2-10-20-15(24)11-21-16(25)12-23-17(26)19(22-18(23)27)9-5-7-13-6-3-4-8-14(13)19/h3-4,6,8H,2,5,7,9-12H2,1H3,(H,20,24)(H,21,25)(H,22,27)/t19-/m1/s1. The fraction of sp³-hybridized carbons (Fsp3) is 0.474. The van der Waals surface area contributed by atoms with Gasteiger partial charge in [0.1, 0.15) is 12.1 Å². The lowest BCUT2D eigenvalue weighted by Gasteiger charge is -2.33. The molecule has 1 aromatic rings. The van der Waals surface area contributed by atoms with Gasteiger partial charge >= 0.3 is 6.03 Å². The van der Waals surface area contributed by atoms with Crippen molar-refractivity contribution in [1.29, 1.82) is 0 Å². The number of carbonyl (C=O) groups excluding carboxylic acids is 4. The van der Waals surface area contributed by atoms with Crippen molar-refractivity contribution in [2.24, 2.45) is 0 Å². The Hall–Kier alpha value is -2.90. The van der Waals surface area contributed by atoms with Crippen molar-refractivity contribution in [1.82, 2.24) is 20.9 Å². The zero-order chi connectivity index (χ0) is 19.4. The van der Waals surface area contributed by atoms with Crippen LogP contribution in [0.15, 0.2) is 24.3 Å². The zero-order valence-electron chi connectivity index (χ0n) is 15.3. The van der Waals surface area contributed by atoms with Gasteiger partial charge in [0.25, 0.3) is 5.91 Å². The van der Waals surface area contributed by atoms with Gasteiger partial charge in [-0.3, -0.25) is 19.3 Å². The van der Waals surface area contributed by atoms with E-state index in [1.54, 1.807) is 0 Å². The number of rotatable bonds is 6. The van der Waals surface area contributed by atoms with Crippen molar-refractivity contribution in [3.63, 3.8) is 0 Å². The second kappa shape index (κ2) is 7.77. The van der Waals surface area contributed by atoms with Gasteiger partial charge < -0.3 is 16.0 Å². The van der Waals surface area contributed by atoms with Crippen molar-refractivity contribution >= 4 is 23.8 Å². The van der Waals surface area contributed by atoms with E-state index in [4.69, 9.17) is 0 Å². The Morgan fingerprint density at radius 2 is 1.96 bits per heavy atom. The monoisotopic (exact) mass is 372 g/mol. The number of carbonyl (C=O) groups is 4. The number of urea groups is 1. The third kappa shape index (κ3) is 3.65. The molecule has 8 nitrogen and oxygen atoms in total. The van der Waals surface area contributed by atoms with Crippen LogP contribution in [0.4, 0.5) is 4.79 Å². The summed E-state index contributed by atoms with van der Waals surface area (Å²) in [6.07, 6.45) is 2.94. The number of imide groups is 1. The molecule has 0 radical (unpaired) electrons. The van der Waals surface area contributed by atoms with E-state index < -0.39 is 29.9 Å². The third-order valence-electron chi connectivity index (χ3n) is 4.97. The average Bonchev–Trinajstić information content (AvgIpc) is 2.90. The molecule has 1 spiro atoms. The molecule has 144 valence electrons. The maximum atomic E-state index is 13.1. The lowest BCUT2D eigenvalue weighted by Crippen LogP contribution is -2.47. The molecule has 1 fully saturated rings. The summed E-state index contributed by atoms with van der Waals surface area (Å²) >= 11 is 0. The first-order valence-corrected chi connectivity index (χ1v) is 9.24. The van der Waals surface area contributed by atoms with Crippen molar-refractivity contribution in [2.45, 2.75) is 38.1 Å². The first-order chi connectivity index (χ1) is 13.0.